The first-order valence-electron chi connectivity index (χ1n) is 7.28. The zero-order valence-corrected chi connectivity index (χ0v) is 11.7. The van der Waals surface area contributed by atoms with Crippen LogP contribution in [-0.2, 0) is 4.79 Å². The van der Waals surface area contributed by atoms with Gasteiger partial charge in [0.2, 0.25) is 5.91 Å². The molecule has 20 heavy (non-hydrogen) atoms. The highest BCUT2D eigenvalue weighted by Gasteiger charge is 2.15. The van der Waals surface area contributed by atoms with Gasteiger partial charge in [0.15, 0.2) is 0 Å². The topological polar surface area (TPSA) is 78.9 Å². The molecule has 1 aromatic rings. The molecule has 4 nitrogen and oxygen atoms in total. The largest absolute Gasteiger partial charge is 0.399 e. The zero-order valence-electron chi connectivity index (χ0n) is 11.7. The molecule has 0 spiro atoms. The molecule has 0 bridgehead atoms. The van der Waals surface area contributed by atoms with Gasteiger partial charge in [-0.05, 0) is 30.5 Å². The molecule has 1 aromatic carbocycles. The fraction of sp³-hybridized carbons (Fsp3) is 0.500. The number of carbonyl (C=O) groups excluding carboxylic acids is 1. The van der Waals surface area contributed by atoms with Crippen LogP contribution in [0.1, 0.15) is 50.5 Å². The zero-order chi connectivity index (χ0) is 14.4. The van der Waals surface area contributed by atoms with E-state index in [0.29, 0.717) is 29.3 Å². The molecule has 106 valence electrons. The highest BCUT2D eigenvalue weighted by molar-refractivity contribution is 5.92. The van der Waals surface area contributed by atoms with E-state index in [2.05, 4.69) is 11.4 Å². The summed E-state index contributed by atoms with van der Waals surface area (Å²) >= 11 is 0. The molecule has 2 rings (SSSR count). The SMILES string of the molecule is N#Cc1cc(N)ccc1NC(=O)CCC1CCCCC1. The minimum Gasteiger partial charge on any atom is -0.399 e. The summed E-state index contributed by atoms with van der Waals surface area (Å²) in [6.45, 7) is 0. The van der Waals surface area contributed by atoms with Crippen LogP contribution < -0.4 is 11.1 Å². The van der Waals surface area contributed by atoms with Crippen molar-refractivity contribution >= 4 is 17.3 Å². The Morgan fingerprint density at radius 2 is 2.10 bits per heavy atom. The molecule has 0 aliphatic heterocycles. The summed E-state index contributed by atoms with van der Waals surface area (Å²) in [4.78, 5) is 12.0. The van der Waals surface area contributed by atoms with Crippen molar-refractivity contribution in [3.8, 4) is 6.07 Å². The third-order valence-corrected chi connectivity index (χ3v) is 3.94. The molecule has 3 N–H and O–H groups in total. The van der Waals surface area contributed by atoms with E-state index in [9.17, 15) is 4.79 Å². The Kier molecular flexibility index (Phi) is 5.00. The van der Waals surface area contributed by atoms with Gasteiger partial charge in [0.05, 0.1) is 11.3 Å². The Bertz CT molecular complexity index is 513. The lowest BCUT2D eigenvalue weighted by Gasteiger charge is -2.21. The first-order valence-corrected chi connectivity index (χ1v) is 7.28. The summed E-state index contributed by atoms with van der Waals surface area (Å²) < 4.78 is 0. The van der Waals surface area contributed by atoms with Gasteiger partial charge in [-0.3, -0.25) is 4.79 Å². The van der Waals surface area contributed by atoms with Gasteiger partial charge in [-0.2, -0.15) is 5.26 Å². The van der Waals surface area contributed by atoms with Gasteiger partial charge >= 0.3 is 0 Å². The molecule has 1 aliphatic carbocycles. The van der Waals surface area contributed by atoms with Crippen molar-refractivity contribution in [2.24, 2.45) is 5.92 Å². The van der Waals surface area contributed by atoms with E-state index in [1.807, 2.05) is 0 Å². The van der Waals surface area contributed by atoms with Crippen molar-refractivity contribution in [1.82, 2.24) is 0 Å². The van der Waals surface area contributed by atoms with Crippen LogP contribution in [0.5, 0.6) is 0 Å². The second kappa shape index (κ2) is 6.95. The van der Waals surface area contributed by atoms with Gasteiger partial charge in [-0.1, -0.05) is 32.1 Å². The molecular weight excluding hydrogens is 250 g/mol. The van der Waals surface area contributed by atoms with E-state index in [1.54, 1.807) is 18.2 Å². The maximum Gasteiger partial charge on any atom is 0.224 e. The maximum atomic E-state index is 12.0. The molecule has 0 radical (unpaired) electrons. The van der Waals surface area contributed by atoms with Crippen molar-refractivity contribution in [3.63, 3.8) is 0 Å². The summed E-state index contributed by atoms with van der Waals surface area (Å²) in [5, 5.41) is 11.8. The number of benzene rings is 1. The number of hydrogen-bond acceptors (Lipinski definition) is 3. The van der Waals surface area contributed by atoms with Gasteiger partial charge < -0.3 is 11.1 Å². The number of nitrogens with two attached hydrogens (primary N) is 1. The van der Waals surface area contributed by atoms with Crippen LogP contribution in [0.15, 0.2) is 18.2 Å². The third kappa shape index (κ3) is 3.99. The monoisotopic (exact) mass is 271 g/mol. The van der Waals surface area contributed by atoms with Crippen molar-refractivity contribution in [2.45, 2.75) is 44.9 Å². The number of nitrogen functional groups attached to an aromatic ring is 1. The summed E-state index contributed by atoms with van der Waals surface area (Å²) in [6, 6.07) is 7.01. The fourth-order valence-electron chi connectivity index (χ4n) is 2.79. The average Bonchev–Trinajstić information content (AvgIpc) is 2.48. The summed E-state index contributed by atoms with van der Waals surface area (Å²) in [7, 11) is 0. The second-order valence-electron chi connectivity index (χ2n) is 5.51. The third-order valence-electron chi connectivity index (χ3n) is 3.94. The molecule has 1 fully saturated rings. The number of nitriles is 1. The molecular formula is C16H21N3O. The van der Waals surface area contributed by atoms with Crippen LogP contribution in [0.3, 0.4) is 0 Å². The first-order chi connectivity index (χ1) is 9.69. The molecule has 1 amide bonds. The Labute approximate surface area is 120 Å². The van der Waals surface area contributed by atoms with Gasteiger partial charge in [0.1, 0.15) is 6.07 Å². The Morgan fingerprint density at radius 3 is 2.80 bits per heavy atom. The minimum absolute atomic E-state index is 0.0168. The van der Waals surface area contributed by atoms with Crippen LogP contribution in [0.2, 0.25) is 0 Å². The lowest BCUT2D eigenvalue weighted by molar-refractivity contribution is -0.116. The van der Waals surface area contributed by atoms with Crippen LogP contribution in [0, 0.1) is 17.2 Å². The predicted molar refractivity (Wildman–Crippen MR) is 80.0 cm³/mol. The number of anilines is 2. The van der Waals surface area contributed by atoms with Crippen LogP contribution in [0.25, 0.3) is 0 Å². The minimum atomic E-state index is -0.0168. The number of carbonyl (C=O) groups is 1. The predicted octanol–water partition coefficient (Wildman–Crippen LogP) is 3.44. The average molecular weight is 271 g/mol. The summed E-state index contributed by atoms with van der Waals surface area (Å²) in [6.07, 6.45) is 7.89. The van der Waals surface area contributed by atoms with Crippen molar-refractivity contribution in [2.75, 3.05) is 11.1 Å². The molecule has 0 saturated heterocycles. The Hall–Kier alpha value is -2.02. The summed E-state index contributed by atoms with van der Waals surface area (Å²) in [5.74, 6) is 0.674. The molecule has 0 aromatic heterocycles. The number of hydrogen-bond donors (Lipinski definition) is 2. The van der Waals surface area contributed by atoms with Gasteiger partial charge in [-0.25, -0.2) is 0 Å². The molecule has 0 unspecified atom stereocenters. The van der Waals surface area contributed by atoms with E-state index in [4.69, 9.17) is 11.0 Å². The van der Waals surface area contributed by atoms with Crippen LogP contribution in [-0.4, -0.2) is 5.91 Å². The lowest BCUT2D eigenvalue weighted by atomic mass is 9.86. The highest BCUT2D eigenvalue weighted by Crippen LogP contribution is 2.27. The first kappa shape index (κ1) is 14.4. The standard InChI is InChI=1S/C16H21N3O/c17-11-13-10-14(18)7-8-15(13)19-16(20)9-6-12-4-2-1-3-5-12/h7-8,10,12H,1-6,9,18H2,(H,19,20). The van der Waals surface area contributed by atoms with Crippen molar-refractivity contribution in [3.05, 3.63) is 23.8 Å². The van der Waals surface area contributed by atoms with E-state index < -0.39 is 0 Å². The number of nitrogens with one attached hydrogen (secondary N) is 1. The number of rotatable bonds is 4. The van der Waals surface area contributed by atoms with E-state index >= 15 is 0 Å². The number of nitrogens with zero attached hydrogens (tertiary/aromatic N) is 1. The molecule has 1 saturated carbocycles. The lowest BCUT2D eigenvalue weighted by Crippen LogP contribution is -2.15. The van der Waals surface area contributed by atoms with Gasteiger partial charge in [0.25, 0.3) is 0 Å². The molecule has 4 heteroatoms. The Balaban J connectivity index is 1.86. The van der Waals surface area contributed by atoms with Gasteiger partial charge in [0, 0.05) is 12.1 Å². The maximum absolute atomic E-state index is 12.0. The van der Waals surface area contributed by atoms with Crippen molar-refractivity contribution in [1.29, 1.82) is 5.26 Å². The van der Waals surface area contributed by atoms with E-state index in [0.717, 1.165) is 6.42 Å². The van der Waals surface area contributed by atoms with E-state index in [1.165, 1.54) is 32.1 Å². The number of amides is 1. The van der Waals surface area contributed by atoms with Crippen LogP contribution >= 0.6 is 0 Å². The second-order valence-corrected chi connectivity index (χ2v) is 5.51. The molecule has 0 atom stereocenters. The normalized spacial score (nSPS) is 15.6. The van der Waals surface area contributed by atoms with Crippen molar-refractivity contribution < 1.29 is 4.79 Å². The van der Waals surface area contributed by atoms with E-state index in [-0.39, 0.29) is 5.91 Å². The molecule has 0 heterocycles. The smallest absolute Gasteiger partial charge is 0.224 e. The quantitative estimate of drug-likeness (QED) is 0.823. The van der Waals surface area contributed by atoms with Crippen LogP contribution in [0.4, 0.5) is 11.4 Å². The highest BCUT2D eigenvalue weighted by atomic mass is 16.1. The van der Waals surface area contributed by atoms with Gasteiger partial charge in [-0.15, -0.1) is 0 Å². The molecule has 1 aliphatic rings. The Morgan fingerprint density at radius 1 is 1.35 bits per heavy atom. The fourth-order valence-corrected chi connectivity index (χ4v) is 2.79. The summed E-state index contributed by atoms with van der Waals surface area (Å²) in [5.41, 5.74) is 7.12.